The average molecular weight is 286 g/mol. The summed E-state index contributed by atoms with van der Waals surface area (Å²) in [5.74, 6) is 0.963. The molecule has 3 heteroatoms. The predicted octanol–water partition coefficient (Wildman–Crippen LogP) is 4.30. The number of pyridine rings is 1. The fourth-order valence-corrected chi connectivity index (χ4v) is 2.37. The molecule has 114 valence electrons. The number of aromatic nitrogens is 1. The van der Waals surface area contributed by atoms with Crippen LogP contribution in [0.25, 0.3) is 10.9 Å². The van der Waals surface area contributed by atoms with Crippen molar-refractivity contribution in [1.29, 1.82) is 0 Å². The molecular weight excluding hydrogens is 260 g/mol. The average Bonchev–Trinajstić information content (AvgIpc) is 2.52. The zero-order chi connectivity index (χ0) is 14.9. The maximum absolute atomic E-state index is 6.02. The molecule has 1 heterocycles. The number of nitrogens with zero attached hydrogens (tertiary/aromatic N) is 1. The summed E-state index contributed by atoms with van der Waals surface area (Å²) >= 11 is 0. The number of nitrogens with one attached hydrogen (secondary N) is 1. The summed E-state index contributed by atoms with van der Waals surface area (Å²) < 4.78 is 6.02. The highest BCUT2D eigenvalue weighted by atomic mass is 16.5. The van der Waals surface area contributed by atoms with Crippen molar-refractivity contribution in [3.05, 3.63) is 36.0 Å². The van der Waals surface area contributed by atoms with E-state index in [-0.39, 0.29) is 0 Å². The van der Waals surface area contributed by atoms with Gasteiger partial charge in [0.05, 0.1) is 17.8 Å². The Morgan fingerprint density at radius 3 is 2.76 bits per heavy atom. The van der Waals surface area contributed by atoms with Crippen LogP contribution in [0.15, 0.2) is 30.3 Å². The molecule has 2 aromatic rings. The van der Waals surface area contributed by atoms with E-state index < -0.39 is 0 Å². The van der Waals surface area contributed by atoms with Crippen molar-refractivity contribution in [2.75, 3.05) is 13.2 Å². The summed E-state index contributed by atoms with van der Waals surface area (Å²) in [5, 5.41) is 4.43. The highest BCUT2D eigenvalue weighted by Crippen LogP contribution is 2.25. The molecule has 0 saturated heterocycles. The Balaban J connectivity index is 2.11. The third kappa shape index (κ3) is 4.71. The molecule has 0 aliphatic carbocycles. The van der Waals surface area contributed by atoms with Gasteiger partial charge in [0, 0.05) is 18.0 Å². The van der Waals surface area contributed by atoms with Gasteiger partial charge in [-0.15, -0.1) is 0 Å². The number of rotatable bonds is 9. The number of hydrogen-bond acceptors (Lipinski definition) is 3. The molecule has 1 aromatic heterocycles. The van der Waals surface area contributed by atoms with Gasteiger partial charge < -0.3 is 10.1 Å². The molecule has 21 heavy (non-hydrogen) atoms. The summed E-state index contributed by atoms with van der Waals surface area (Å²) in [6.07, 6.45) is 4.90. The van der Waals surface area contributed by atoms with Gasteiger partial charge in [-0.25, -0.2) is 0 Å². The van der Waals surface area contributed by atoms with Crippen molar-refractivity contribution in [3.63, 3.8) is 0 Å². The first-order valence-electron chi connectivity index (χ1n) is 8.07. The fourth-order valence-electron chi connectivity index (χ4n) is 2.37. The third-order valence-electron chi connectivity index (χ3n) is 3.54. The van der Waals surface area contributed by atoms with Gasteiger partial charge in [-0.1, -0.05) is 45.2 Å². The second-order valence-electron chi connectivity index (χ2n) is 5.32. The van der Waals surface area contributed by atoms with Crippen LogP contribution in [0.4, 0.5) is 0 Å². The predicted molar refractivity (Wildman–Crippen MR) is 88.8 cm³/mol. The Hall–Kier alpha value is -1.61. The zero-order valence-electron chi connectivity index (χ0n) is 13.2. The van der Waals surface area contributed by atoms with E-state index in [1.54, 1.807) is 0 Å². The van der Waals surface area contributed by atoms with Crippen molar-refractivity contribution < 1.29 is 4.74 Å². The minimum atomic E-state index is 0.785. The first kappa shape index (κ1) is 15.8. The van der Waals surface area contributed by atoms with Crippen LogP contribution < -0.4 is 10.1 Å². The molecule has 0 amide bonds. The fraction of sp³-hybridized carbons (Fsp3) is 0.500. The van der Waals surface area contributed by atoms with Crippen LogP contribution in [0.5, 0.6) is 5.75 Å². The van der Waals surface area contributed by atoms with E-state index in [1.807, 2.05) is 12.1 Å². The van der Waals surface area contributed by atoms with Crippen LogP contribution in [0.2, 0.25) is 0 Å². The number of hydrogen-bond donors (Lipinski definition) is 1. The normalized spacial score (nSPS) is 11.0. The van der Waals surface area contributed by atoms with E-state index in [0.717, 1.165) is 48.5 Å². The van der Waals surface area contributed by atoms with Gasteiger partial charge in [-0.2, -0.15) is 0 Å². The summed E-state index contributed by atoms with van der Waals surface area (Å²) in [5.41, 5.74) is 2.05. The molecule has 0 aliphatic heterocycles. The number of benzene rings is 1. The topological polar surface area (TPSA) is 34.1 Å². The molecule has 0 bridgehead atoms. The molecule has 0 unspecified atom stereocenters. The first-order chi connectivity index (χ1) is 10.3. The lowest BCUT2D eigenvalue weighted by Gasteiger charge is -2.11. The smallest absolute Gasteiger partial charge is 0.130 e. The van der Waals surface area contributed by atoms with Crippen molar-refractivity contribution in [2.24, 2.45) is 0 Å². The highest BCUT2D eigenvalue weighted by molar-refractivity contribution is 5.85. The van der Waals surface area contributed by atoms with Gasteiger partial charge in [0.2, 0.25) is 0 Å². The van der Waals surface area contributed by atoms with E-state index >= 15 is 0 Å². The standard InChI is InChI=1S/C18H26N2O/c1-3-5-6-9-12-21-18-13-15(14-19-4-2)20-17-11-8-7-10-16(17)18/h7-8,10-11,13,19H,3-6,9,12,14H2,1-2H3. The Bertz CT molecular complexity index is 554. The van der Waals surface area contributed by atoms with Gasteiger partial charge >= 0.3 is 0 Å². The quantitative estimate of drug-likeness (QED) is 0.698. The van der Waals surface area contributed by atoms with E-state index in [9.17, 15) is 0 Å². The molecule has 0 aliphatic rings. The molecule has 0 atom stereocenters. The van der Waals surface area contributed by atoms with Gasteiger partial charge in [0.25, 0.3) is 0 Å². The van der Waals surface area contributed by atoms with Crippen molar-refractivity contribution in [2.45, 2.75) is 46.1 Å². The Morgan fingerprint density at radius 1 is 1.10 bits per heavy atom. The van der Waals surface area contributed by atoms with Crippen LogP contribution in [0, 0.1) is 0 Å². The van der Waals surface area contributed by atoms with E-state index in [0.29, 0.717) is 0 Å². The van der Waals surface area contributed by atoms with Gasteiger partial charge in [-0.3, -0.25) is 4.98 Å². The van der Waals surface area contributed by atoms with Gasteiger partial charge in [0.15, 0.2) is 0 Å². The minimum absolute atomic E-state index is 0.785. The molecule has 1 aromatic carbocycles. The maximum Gasteiger partial charge on any atom is 0.130 e. The first-order valence-corrected chi connectivity index (χ1v) is 8.07. The van der Waals surface area contributed by atoms with Gasteiger partial charge in [0.1, 0.15) is 5.75 Å². The third-order valence-corrected chi connectivity index (χ3v) is 3.54. The molecule has 0 saturated carbocycles. The summed E-state index contributed by atoms with van der Waals surface area (Å²) in [7, 11) is 0. The lowest BCUT2D eigenvalue weighted by Crippen LogP contribution is -2.13. The number of para-hydroxylation sites is 1. The van der Waals surface area contributed by atoms with Crippen LogP contribution >= 0.6 is 0 Å². The molecule has 0 fully saturated rings. The molecule has 2 rings (SSSR count). The van der Waals surface area contributed by atoms with Crippen LogP contribution in [-0.2, 0) is 6.54 Å². The molecule has 0 radical (unpaired) electrons. The highest BCUT2D eigenvalue weighted by Gasteiger charge is 2.06. The minimum Gasteiger partial charge on any atom is -0.493 e. The lowest BCUT2D eigenvalue weighted by atomic mass is 10.1. The second-order valence-corrected chi connectivity index (χ2v) is 5.32. The summed E-state index contributed by atoms with van der Waals surface area (Å²) in [4.78, 5) is 4.69. The van der Waals surface area contributed by atoms with Crippen molar-refractivity contribution in [1.82, 2.24) is 10.3 Å². The van der Waals surface area contributed by atoms with E-state index in [2.05, 4.69) is 42.3 Å². The molecular formula is C18H26N2O. The van der Waals surface area contributed by atoms with Crippen LogP contribution in [0.1, 0.15) is 45.2 Å². The summed E-state index contributed by atoms with van der Waals surface area (Å²) in [6, 6.07) is 10.3. The molecule has 0 spiro atoms. The lowest BCUT2D eigenvalue weighted by molar-refractivity contribution is 0.308. The maximum atomic E-state index is 6.02. The number of ether oxygens (including phenoxy) is 1. The monoisotopic (exact) mass is 286 g/mol. The number of unbranched alkanes of at least 4 members (excludes halogenated alkanes) is 3. The van der Waals surface area contributed by atoms with E-state index in [4.69, 9.17) is 4.74 Å². The zero-order valence-corrected chi connectivity index (χ0v) is 13.2. The molecule has 1 N–H and O–H groups in total. The Labute approximate surface area is 127 Å². The van der Waals surface area contributed by atoms with Crippen molar-refractivity contribution >= 4 is 10.9 Å². The Morgan fingerprint density at radius 2 is 1.95 bits per heavy atom. The Kier molecular flexibility index (Phi) is 6.48. The SMILES string of the molecule is CCCCCCOc1cc(CNCC)nc2ccccc12. The molecule has 3 nitrogen and oxygen atoms in total. The van der Waals surface area contributed by atoms with Gasteiger partial charge in [-0.05, 0) is 25.1 Å². The second kappa shape index (κ2) is 8.63. The van der Waals surface area contributed by atoms with Crippen LogP contribution in [-0.4, -0.2) is 18.1 Å². The van der Waals surface area contributed by atoms with Crippen molar-refractivity contribution in [3.8, 4) is 5.75 Å². The van der Waals surface area contributed by atoms with Crippen LogP contribution in [0.3, 0.4) is 0 Å². The summed E-state index contributed by atoms with van der Waals surface area (Å²) in [6.45, 7) is 6.85. The van der Waals surface area contributed by atoms with E-state index in [1.165, 1.54) is 19.3 Å². The largest absolute Gasteiger partial charge is 0.493 e. The number of fused-ring (bicyclic) bond motifs is 1.